The summed E-state index contributed by atoms with van der Waals surface area (Å²) in [7, 11) is 2.25. The fraction of sp³-hybridized carbons (Fsp3) is 0.583. The fourth-order valence-electron chi connectivity index (χ4n) is 7.95. The molecule has 4 fully saturated rings. The average Bonchev–Trinajstić information content (AvgIpc) is 3.11. The van der Waals surface area contributed by atoms with Crippen molar-refractivity contribution in [2.75, 3.05) is 4.90 Å². The van der Waals surface area contributed by atoms with Crippen molar-refractivity contribution in [2.45, 2.75) is 57.5 Å². The van der Waals surface area contributed by atoms with Crippen molar-refractivity contribution in [3.8, 4) is 0 Å². The number of anilines is 1. The molecule has 4 bridgehead atoms. The SMILES string of the molecule is Cc1ccccc1N1C(C)c2c(ccn2C)C12C1CC3CC(C1)CC2C3. The normalized spacial score (nSPS) is 39.8. The molecule has 4 aliphatic carbocycles. The highest BCUT2D eigenvalue weighted by Gasteiger charge is 2.65. The lowest BCUT2D eigenvalue weighted by molar-refractivity contribution is -0.0602. The number of hydrogen-bond acceptors (Lipinski definition) is 1. The zero-order chi connectivity index (χ0) is 17.6. The van der Waals surface area contributed by atoms with Crippen LogP contribution in [0, 0.1) is 30.6 Å². The second-order valence-corrected chi connectivity index (χ2v) is 9.69. The molecule has 26 heavy (non-hydrogen) atoms. The van der Waals surface area contributed by atoms with Crippen molar-refractivity contribution < 1.29 is 0 Å². The lowest BCUT2D eigenvalue weighted by atomic mass is 9.47. The van der Waals surface area contributed by atoms with E-state index in [0.29, 0.717) is 6.04 Å². The highest BCUT2D eigenvalue weighted by atomic mass is 15.3. The molecular weight excluding hydrogens is 316 g/mol. The first-order valence-electron chi connectivity index (χ1n) is 10.6. The maximum absolute atomic E-state index is 2.89. The first kappa shape index (κ1) is 15.4. The molecule has 5 aliphatic rings. The van der Waals surface area contributed by atoms with E-state index in [1.165, 1.54) is 43.4 Å². The first-order chi connectivity index (χ1) is 12.6. The van der Waals surface area contributed by atoms with Gasteiger partial charge in [-0.05, 0) is 87.3 Å². The summed E-state index contributed by atoms with van der Waals surface area (Å²) in [6.45, 7) is 4.75. The molecule has 1 aromatic heterocycles. The third-order valence-electron chi connectivity index (χ3n) is 8.49. The Kier molecular flexibility index (Phi) is 2.94. The van der Waals surface area contributed by atoms with Gasteiger partial charge in [-0.15, -0.1) is 0 Å². The largest absolute Gasteiger partial charge is 0.353 e. The standard InChI is InChI=1S/C24H30N2/c1-15-6-4-5-7-22(15)26-16(2)23-21(8-9-25(23)3)24(26)19-11-17-10-18(13-19)14-20(24)12-17/h4-9,16-20H,10-14H2,1-3H3. The lowest BCUT2D eigenvalue weighted by Crippen LogP contribution is -2.62. The highest BCUT2D eigenvalue weighted by molar-refractivity contribution is 5.64. The smallest absolute Gasteiger partial charge is 0.0735 e. The van der Waals surface area contributed by atoms with Gasteiger partial charge in [0.05, 0.1) is 11.6 Å². The van der Waals surface area contributed by atoms with Crippen LogP contribution in [0.4, 0.5) is 5.69 Å². The summed E-state index contributed by atoms with van der Waals surface area (Å²) in [5.74, 6) is 3.68. The Morgan fingerprint density at radius 3 is 2.23 bits per heavy atom. The number of hydrogen-bond donors (Lipinski definition) is 0. The molecule has 4 saturated carbocycles. The molecule has 1 aliphatic heterocycles. The number of aromatic nitrogens is 1. The van der Waals surface area contributed by atoms with Crippen LogP contribution in [0.3, 0.4) is 0 Å². The average molecular weight is 347 g/mol. The van der Waals surface area contributed by atoms with Gasteiger partial charge in [0, 0.05) is 30.2 Å². The summed E-state index contributed by atoms with van der Waals surface area (Å²) in [6, 6.07) is 12.0. The van der Waals surface area contributed by atoms with Gasteiger partial charge in [0.15, 0.2) is 0 Å². The van der Waals surface area contributed by atoms with E-state index in [0.717, 1.165) is 23.7 Å². The van der Waals surface area contributed by atoms with Gasteiger partial charge in [-0.25, -0.2) is 0 Å². The molecule has 1 unspecified atom stereocenters. The predicted molar refractivity (Wildman–Crippen MR) is 106 cm³/mol. The van der Waals surface area contributed by atoms with Crippen molar-refractivity contribution in [3.63, 3.8) is 0 Å². The van der Waals surface area contributed by atoms with E-state index < -0.39 is 0 Å². The van der Waals surface area contributed by atoms with Gasteiger partial charge in [0.2, 0.25) is 0 Å². The molecule has 2 nitrogen and oxygen atoms in total. The molecule has 0 amide bonds. The quantitative estimate of drug-likeness (QED) is 0.656. The predicted octanol–water partition coefficient (Wildman–Crippen LogP) is 5.57. The minimum atomic E-state index is 0.246. The van der Waals surface area contributed by atoms with Crippen LogP contribution in [0.5, 0.6) is 0 Å². The van der Waals surface area contributed by atoms with Crippen molar-refractivity contribution >= 4 is 5.69 Å². The first-order valence-corrected chi connectivity index (χ1v) is 10.6. The third-order valence-corrected chi connectivity index (χ3v) is 8.49. The summed E-state index contributed by atoms with van der Waals surface area (Å²) >= 11 is 0. The minimum absolute atomic E-state index is 0.246. The van der Waals surface area contributed by atoms with Crippen LogP contribution < -0.4 is 4.90 Å². The van der Waals surface area contributed by atoms with E-state index in [1.54, 1.807) is 11.3 Å². The molecule has 2 heterocycles. The van der Waals surface area contributed by atoms with Crippen molar-refractivity contribution in [3.05, 3.63) is 53.3 Å². The molecular formula is C24H30N2. The maximum Gasteiger partial charge on any atom is 0.0735 e. The van der Waals surface area contributed by atoms with E-state index in [-0.39, 0.29) is 5.54 Å². The Balaban J connectivity index is 1.62. The zero-order valence-corrected chi connectivity index (χ0v) is 16.3. The molecule has 136 valence electrons. The maximum atomic E-state index is 2.89. The lowest BCUT2D eigenvalue weighted by Gasteiger charge is -2.64. The van der Waals surface area contributed by atoms with E-state index in [9.17, 15) is 0 Å². The monoisotopic (exact) mass is 346 g/mol. The van der Waals surface area contributed by atoms with Gasteiger partial charge >= 0.3 is 0 Å². The number of rotatable bonds is 1. The summed E-state index contributed by atoms with van der Waals surface area (Å²) in [6.07, 6.45) is 9.66. The molecule has 1 aromatic carbocycles. The number of nitrogens with zero attached hydrogens (tertiary/aromatic N) is 2. The summed E-state index contributed by atoms with van der Waals surface area (Å²) in [5, 5.41) is 0. The van der Waals surface area contributed by atoms with Gasteiger partial charge in [0.1, 0.15) is 0 Å². The van der Waals surface area contributed by atoms with Crippen molar-refractivity contribution in [1.82, 2.24) is 4.57 Å². The van der Waals surface area contributed by atoms with Crippen molar-refractivity contribution in [1.29, 1.82) is 0 Å². The molecule has 2 heteroatoms. The van der Waals surface area contributed by atoms with Crippen LogP contribution >= 0.6 is 0 Å². The molecule has 7 rings (SSSR count). The van der Waals surface area contributed by atoms with E-state index >= 15 is 0 Å². The van der Waals surface area contributed by atoms with Crippen LogP contribution in [0.15, 0.2) is 36.5 Å². The van der Waals surface area contributed by atoms with Gasteiger partial charge in [-0.3, -0.25) is 0 Å². The molecule has 0 radical (unpaired) electrons. The van der Waals surface area contributed by atoms with Crippen LogP contribution in [0.25, 0.3) is 0 Å². The second-order valence-electron chi connectivity index (χ2n) is 9.69. The summed E-state index contributed by atoms with van der Waals surface area (Å²) in [4.78, 5) is 2.89. The number of fused-ring (bicyclic) bond motifs is 1. The van der Waals surface area contributed by atoms with Crippen molar-refractivity contribution in [2.24, 2.45) is 30.7 Å². The zero-order valence-electron chi connectivity index (χ0n) is 16.3. The van der Waals surface area contributed by atoms with E-state index in [4.69, 9.17) is 0 Å². The molecule has 0 N–H and O–H groups in total. The van der Waals surface area contributed by atoms with E-state index in [2.05, 4.69) is 66.9 Å². The van der Waals surface area contributed by atoms with Crippen LogP contribution in [0.1, 0.15) is 61.9 Å². The Morgan fingerprint density at radius 1 is 0.923 bits per heavy atom. The molecule has 1 atom stereocenters. The van der Waals surface area contributed by atoms with Gasteiger partial charge < -0.3 is 9.47 Å². The van der Waals surface area contributed by atoms with Gasteiger partial charge in [0.25, 0.3) is 0 Å². The fourth-order valence-corrected chi connectivity index (χ4v) is 7.95. The Hall–Kier alpha value is -1.70. The van der Waals surface area contributed by atoms with Gasteiger partial charge in [-0.1, -0.05) is 18.2 Å². The van der Waals surface area contributed by atoms with Crippen LogP contribution in [0.2, 0.25) is 0 Å². The van der Waals surface area contributed by atoms with Crippen LogP contribution in [-0.4, -0.2) is 4.57 Å². The Bertz CT molecular complexity index is 848. The summed E-state index contributed by atoms with van der Waals surface area (Å²) in [5.41, 5.74) is 6.39. The number of para-hydroxylation sites is 1. The Morgan fingerprint density at radius 2 is 1.58 bits per heavy atom. The molecule has 1 spiro atoms. The van der Waals surface area contributed by atoms with Crippen LogP contribution in [-0.2, 0) is 12.6 Å². The van der Waals surface area contributed by atoms with E-state index in [1.807, 2.05) is 0 Å². The Labute approximate surface area is 157 Å². The molecule has 2 aromatic rings. The number of aryl methyl sites for hydroxylation is 2. The van der Waals surface area contributed by atoms with Gasteiger partial charge in [-0.2, -0.15) is 0 Å². The minimum Gasteiger partial charge on any atom is -0.353 e. The second kappa shape index (κ2) is 4.97. The topological polar surface area (TPSA) is 8.17 Å². The highest BCUT2D eigenvalue weighted by Crippen LogP contribution is 2.68. The summed E-state index contributed by atoms with van der Waals surface area (Å²) < 4.78 is 2.41. The molecule has 0 saturated heterocycles. The third kappa shape index (κ3) is 1.65. The number of benzene rings is 1.